The molecule has 3 aromatic rings. The number of aryl methyl sites for hydroxylation is 1. The maximum atomic E-state index is 13.1. The standard InChI is InChI=1S/C17H14F3N3O2S.C3H5O.Na/c1-11-2-4-12(5-3-11)15-10-16(17(18,19)20)22-23(15)13-6-8-14(9-7-13)26(21,24)25;1-2-3-4;/h2-10H,1H3,(H2,21,24,25);2H2,1H3;. The molecule has 0 spiro atoms. The molecule has 31 heavy (non-hydrogen) atoms. The number of halogens is 3. The van der Waals surface area contributed by atoms with Crippen LogP contribution in [-0.2, 0) is 21.0 Å². The van der Waals surface area contributed by atoms with Crippen molar-refractivity contribution in [3.05, 3.63) is 65.9 Å². The van der Waals surface area contributed by atoms with E-state index in [0.717, 1.165) is 50.7 Å². The molecule has 0 saturated heterocycles. The average molecular weight is 461 g/mol. The van der Waals surface area contributed by atoms with Crippen molar-refractivity contribution in [2.24, 2.45) is 5.14 Å². The Bertz CT molecular complexity index is 1160. The van der Waals surface area contributed by atoms with Gasteiger partial charge in [-0.2, -0.15) is 18.3 Å². The molecule has 6 nitrogen and oxygen atoms in total. The number of sulfonamides is 1. The predicted octanol–water partition coefficient (Wildman–Crippen LogP) is 3.61. The smallest absolute Gasteiger partial charge is 0.233 e. The Morgan fingerprint density at radius 3 is 2.03 bits per heavy atom. The summed E-state index contributed by atoms with van der Waals surface area (Å²) in [5, 5.41) is 8.70. The van der Waals surface area contributed by atoms with Gasteiger partial charge < -0.3 is 0 Å². The number of nitrogens with zero attached hydrogens (tertiary/aromatic N) is 2. The Balaban J connectivity index is 0.000000614. The van der Waals surface area contributed by atoms with E-state index in [1.807, 2.05) is 13.8 Å². The van der Waals surface area contributed by atoms with E-state index in [-0.39, 0.29) is 16.3 Å². The summed E-state index contributed by atoms with van der Waals surface area (Å²) in [6, 6.07) is 13.1. The first-order chi connectivity index (χ1) is 14.3. The second-order valence-corrected chi connectivity index (χ2v) is 9.46. The molecule has 3 rings (SSSR count). The molecule has 0 fully saturated rings. The minimum atomic E-state index is -4.61. The first-order valence-corrected chi connectivity index (χ1v) is 11.7. The Morgan fingerprint density at radius 1 is 1.10 bits per heavy atom. The summed E-state index contributed by atoms with van der Waals surface area (Å²) in [4.78, 5) is 9.74. The van der Waals surface area contributed by atoms with Crippen LogP contribution in [-0.4, -0.2) is 49.2 Å². The number of aromatic nitrogens is 2. The van der Waals surface area contributed by atoms with Crippen molar-refractivity contribution in [1.82, 2.24) is 9.78 Å². The summed E-state index contributed by atoms with van der Waals surface area (Å²) < 4.78 is 63.6. The zero-order valence-electron chi connectivity index (χ0n) is 17.1. The zero-order valence-corrected chi connectivity index (χ0v) is 20.0. The first kappa shape index (κ1) is 25.3. The quantitative estimate of drug-likeness (QED) is 0.601. The molecule has 0 saturated carbocycles. The van der Waals surface area contributed by atoms with Gasteiger partial charge in [0.15, 0.2) is 5.69 Å². The summed E-state index contributed by atoms with van der Waals surface area (Å²) >= 11 is 0.731. The first-order valence-electron chi connectivity index (χ1n) is 9.20. The molecule has 0 aliphatic heterocycles. The van der Waals surface area contributed by atoms with Gasteiger partial charge in [-0.05, 0) is 37.3 Å². The molecule has 1 aromatic heterocycles. The number of hydrogen-bond acceptors (Lipinski definition) is 4. The SMILES string of the molecule is CC[C](=O)[Na].Cc1ccc(-c2cc(C(F)(F)F)nn2-c2ccc(S(N)(=O)=O)cc2)cc1. The van der Waals surface area contributed by atoms with E-state index in [1.54, 1.807) is 24.3 Å². The number of rotatable bonds is 4. The number of nitrogens with two attached hydrogens (primary N) is 1. The van der Waals surface area contributed by atoms with Crippen LogP contribution in [0, 0.1) is 6.92 Å². The molecule has 0 amide bonds. The van der Waals surface area contributed by atoms with E-state index in [4.69, 9.17) is 5.14 Å². The molecule has 11 heteroatoms. The molecule has 0 aliphatic rings. The minimum Gasteiger partial charge on any atom is -0.233 e. The number of carbonyl (C=O) groups excluding carboxylic acids is 1. The summed E-state index contributed by atoms with van der Waals surface area (Å²) in [5.41, 5.74) is 0.996. The Hall–Kier alpha value is -1.98. The molecule has 0 aliphatic carbocycles. The van der Waals surface area contributed by atoms with Crippen LogP contribution in [0.15, 0.2) is 59.5 Å². The molecule has 0 bridgehead atoms. The second-order valence-electron chi connectivity index (χ2n) is 6.78. The van der Waals surface area contributed by atoms with Crippen molar-refractivity contribution in [1.29, 1.82) is 0 Å². The molecule has 0 unspecified atom stereocenters. The molecule has 2 N–H and O–H groups in total. The van der Waals surface area contributed by atoms with Crippen molar-refractivity contribution < 1.29 is 26.4 Å². The van der Waals surface area contributed by atoms with Gasteiger partial charge in [0.2, 0.25) is 10.0 Å². The van der Waals surface area contributed by atoms with E-state index >= 15 is 0 Å². The summed E-state index contributed by atoms with van der Waals surface area (Å²) in [7, 11) is -3.90. The summed E-state index contributed by atoms with van der Waals surface area (Å²) in [6.07, 6.45) is -3.88. The largest absolute Gasteiger partial charge is 0.435 e. The van der Waals surface area contributed by atoms with E-state index in [0.29, 0.717) is 8.60 Å². The third-order valence-electron chi connectivity index (χ3n) is 4.25. The van der Waals surface area contributed by atoms with Crippen LogP contribution in [0.3, 0.4) is 0 Å². The fraction of sp³-hybridized carbons (Fsp3) is 0.200. The van der Waals surface area contributed by atoms with Gasteiger partial charge in [0.1, 0.15) is 0 Å². The van der Waals surface area contributed by atoms with Crippen molar-refractivity contribution in [2.75, 3.05) is 0 Å². The second kappa shape index (κ2) is 10.1. The van der Waals surface area contributed by atoms with Crippen molar-refractivity contribution in [3.63, 3.8) is 0 Å². The number of primary sulfonamides is 1. The van der Waals surface area contributed by atoms with Gasteiger partial charge in [-0.25, -0.2) is 18.2 Å². The number of alkyl halides is 3. The van der Waals surface area contributed by atoms with Crippen LogP contribution in [0.25, 0.3) is 16.9 Å². The average Bonchev–Trinajstić information content (AvgIpc) is 3.14. The molecule has 1 heterocycles. The fourth-order valence-electron chi connectivity index (χ4n) is 2.42. The number of hydrogen-bond donors (Lipinski definition) is 1. The van der Waals surface area contributed by atoms with Crippen LogP contribution in [0.2, 0.25) is 0 Å². The predicted molar refractivity (Wildman–Crippen MR) is 111 cm³/mol. The van der Waals surface area contributed by atoms with Gasteiger partial charge in [0.25, 0.3) is 0 Å². The van der Waals surface area contributed by atoms with Gasteiger partial charge in [-0.15, -0.1) is 0 Å². The zero-order chi connectivity index (χ0) is 23.4. The molecule has 160 valence electrons. The van der Waals surface area contributed by atoms with Crippen LogP contribution in [0.4, 0.5) is 13.2 Å². The molecule has 0 radical (unpaired) electrons. The Morgan fingerprint density at radius 2 is 1.61 bits per heavy atom. The summed E-state index contributed by atoms with van der Waals surface area (Å²) in [6.45, 7) is 3.75. The van der Waals surface area contributed by atoms with Gasteiger partial charge in [-0.1, -0.05) is 29.8 Å². The third-order valence-corrected chi connectivity index (χ3v) is 5.89. The Labute approximate surface area is 195 Å². The van der Waals surface area contributed by atoms with E-state index < -0.39 is 21.9 Å². The van der Waals surface area contributed by atoms with Crippen molar-refractivity contribution in [2.45, 2.75) is 31.3 Å². The molecule has 2 aromatic carbocycles. The number of carbonyl (C=O) groups is 1. The monoisotopic (exact) mass is 461 g/mol. The molecular formula is C20H19F3N3NaO3S. The van der Waals surface area contributed by atoms with E-state index in [9.17, 15) is 26.4 Å². The molecule has 0 atom stereocenters. The van der Waals surface area contributed by atoms with Gasteiger partial charge in [-0.3, -0.25) is 0 Å². The summed E-state index contributed by atoms with van der Waals surface area (Å²) in [5.74, 6) is 0. The van der Waals surface area contributed by atoms with Crippen LogP contribution in [0.1, 0.15) is 24.6 Å². The van der Waals surface area contributed by atoms with Gasteiger partial charge in [0.05, 0.1) is 16.3 Å². The Kier molecular flexibility index (Phi) is 8.23. The number of benzene rings is 2. The normalized spacial score (nSPS) is 11.6. The fourth-order valence-corrected chi connectivity index (χ4v) is 2.94. The third kappa shape index (κ3) is 7.01. The maximum Gasteiger partial charge on any atom is 0.435 e. The van der Waals surface area contributed by atoms with Gasteiger partial charge >= 0.3 is 55.3 Å². The minimum absolute atomic E-state index is 0.138. The van der Waals surface area contributed by atoms with Crippen molar-refractivity contribution in [3.8, 4) is 16.9 Å². The molecular weight excluding hydrogens is 442 g/mol. The topological polar surface area (TPSA) is 95.0 Å². The maximum absolute atomic E-state index is 13.1. The van der Waals surface area contributed by atoms with E-state index in [1.165, 1.54) is 24.3 Å². The van der Waals surface area contributed by atoms with Gasteiger partial charge in [0, 0.05) is 5.56 Å². The van der Waals surface area contributed by atoms with Crippen LogP contribution >= 0.6 is 0 Å². The van der Waals surface area contributed by atoms with Crippen molar-refractivity contribution >= 4 is 41.0 Å². The van der Waals surface area contributed by atoms with Crippen LogP contribution < -0.4 is 5.14 Å². The van der Waals surface area contributed by atoms with E-state index in [2.05, 4.69) is 5.10 Å². The van der Waals surface area contributed by atoms with Crippen LogP contribution in [0.5, 0.6) is 0 Å².